The molecule has 11 heteroatoms. The third-order valence-corrected chi connectivity index (χ3v) is 4.29. The fourth-order valence-electron chi connectivity index (χ4n) is 2.81. The van der Waals surface area contributed by atoms with E-state index in [-0.39, 0.29) is 31.9 Å². The molecule has 1 heterocycles. The maximum absolute atomic E-state index is 12.7. The van der Waals surface area contributed by atoms with Crippen LogP contribution in [0.15, 0.2) is 15.8 Å². The SMILES string of the molecule is C#CCn1c(=O)c(C)cn(COC(COC(=O)OC(C)(C)C)[C@H](CC)OC(=O)OC(C)(C)C)c1=O. The summed E-state index contributed by atoms with van der Waals surface area (Å²) in [6, 6.07) is 0. The molecule has 0 saturated carbocycles. The van der Waals surface area contributed by atoms with Gasteiger partial charge in [0.1, 0.15) is 36.7 Å². The summed E-state index contributed by atoms with van der Waals surface area (Å²) in [5, 5.41) is 0. The van der Waals surface area contributed by atoms with Gasteiger partial charge in [0.2, 0.25) is 0 Å². The van der Waals surface area contributed by atoms with E-state index < -0.39 is 47.0 Å². The Bertz CT molecular complexity index is 1040. The number of hydrogen-bond acceptors (Lipinski definition) is 9. The molecule has 0 radical (unpaired) electrons. The van der Waals surface area contributed by atoms with E-state index in [2.05, 4.69) is 5.92 Å². The minimum absolute atomic E-state index is 0.204. The summed E-state index contributed by atoms with van der Waals surface area (Å²) < 4.78 is 28.8. The van der Waals surface area contributed by atoms with Gasteiger partial charge in [0.15, 0.2) is 0 Å². The molecule has 1 aromatic rings. The van der Waals surface area contributed by atoms with Crippen LogP contribution in [0.5, 0.6) is 0 Å². The second-order valence-corrected chi connectivity index (χ2v) is 9.80. The lowest BCUT2D eigenvalue weighted by Gasteiger charge is -2.28. The summed E-state index contributed by atoms with van der Waals surface area (Å²) in [5.41, 5.74) is -2.46. The topological polar surface area (TPSA) is 124 Å². The van der Waals surface area contributed by atoms with E-state index >= 15 is 0 Å². The van der Waals surface area contributed by atoms with Crippen LogP contribution in [-0.2, 0) is 37.0 Å². The molecular weight excluding hydrogens is 460 g/mol. The lowest BCUT2D eigenvalue weighted by atomic mass is 10.1. The smallest absolute Gasteiger partial charge is 0.431 e. The van der Waals surface area contributed by atoms with E-state index in [0.717, 1.165) is 9.13 Å². The van der Waals surface area contributed by atoms with Crippen molar-refractivity contribution in [2.45, 2.75) is 98.5 Å². The predicted octanol–water partition coefficient (Wildman–Crippen LogP) is 2.98. The zero-order valence-corrected chi connectivity index (χ0v) is 21.7. The van der Waals surface area contributed by atoms with Crippen LogP contribution in [0.2, 0.25) is 0 Å². The third kappa shape index (κ3) is 10.3. The van der Waals surface area contributed by atoms with Crippen LogP contribution >= 0.6 is 0 Å². The van der Waals surface area contributed by atoms with Gasteiger partial charge in [-0.1, -0.05) is 12.8 Å². The Morgan fingerprint density at radius 2 is 1.60 bits per heavy atom. The highest BCUT2D eigenvalue weighted by atomic mass is 16.8. The molecule has 11 nitrogen and oxygen atoms in total. The quantitative estimate of drug-likeness (QED) is 0.375. The number of terminal acetylenes is 1. The second kappa shape index (κ2) is 12.4. The molecule has 1 rings (SSSR count). The molecule has 0 fully saturated rings. The van der Waals surface area contributed by atoms with Crippen molar-refractivity contribution in [3.05, 3.63) is 32.6 Å². The number of ether oxygens (including phenoxy) is 5. The number of rotatable bonds is 9. The molecule has 0 amide bonds. The van der Waals surface area contributed by atoms with Gasteiger partial charge in [0, 0.05) is 11.8 Å². The summed E-state index contributed by atoms with van der Waals surface area (Å²) in [7, 11) is 0. The number of aromatic nitrogens is 2. The van der Waals surface area contributed by atoms with E-state index in [4.69, 9.17) is 30.1 Å². The van der Waals surface area contributed by atoms with Crippen LogP contribution in [0.1, 0.15) is 60.5 Å². The normalized spacial score (nSPS) is 13.3. The van der Waals surface area contributed by atoms with Crippen LogP contribution in [0.4, 0.5) is 9.59 Å². The Balaban J connectivity index is 3.14. The Labute approximate surface area is 205 Å². The lowest BCUT2D eigenvalue weighted by Crippen LogP contribution is -2.43. The molecule has 35 heavy (non-hydrogen) atoms. The van der Waals surface area contributed by atoms with Crippen LogP contribution in [0, 0.1) is 19.3 Å². The monoisotopic (exact) mass is 496 g/mol. The van der Waals surface area contributed by atoms with Crippen molar-refractivity contribution in [2.75, 3.05) is 6.61 Å². The van der Waals surface area contributed by atoms with Gasteiger partial charge in [0.25, 0.3) is 5.56 Å². The Morgan fingerprint density at radius 3 is 2.11 bits per heavy atom. The highest BCUT2D eigenvalue weighted by molar-refractivity contribution is 5.61. The van der Waals surface area contributed by atoms with Gasteiger partial charge in [-0.2, -0.15) is 0 Å². The first-order valence-electron chi connectivity index (χ1n) is 11.2. The summed E-state index contributed by atoms with van der Waals surface area (Å²) in [6.07, 6.45) is 3.15. The molecule has 0 bridgehead atoms. The summed E-state index contributed by atoms with van der Waals surface area (Å²) in [5.74, 6) is 2.27. The summed E-state index contributed by atoms with van der Waals surface area (Å²) in [6.45, 7) is 12.5. The number of nitrogens with zero attached hydrogens (tertiary/aromatic N) is 2. The Kier molecular flexibility index (Phi) is 10.6. The van der Waals surface area contributed by atoms with E-state index in [1.807, 2.05) is 0 Å². The molecule has 2 atom stereocenters. The van der Waals surface area contributed by atoms with Gasteiger partial charge in [-0.15, -0.1) is 6.42 Å². The van der Waals surface area contributed by atoms with Gasteiger partial charge in [0.05, 0.1) is 6.54 Å². The van der Waals surface area contributed by atoms with Crippen molar-refractivity contribution in [1.82, 2.24) is 9.13 Å². The molecule has 0 saturated heterocycles. The summed E-state index contributed by atoms with van der Waals surface area (Å²) in [4.78, 5) is 49.2. The van der Waals surface area contributed by atoms with Crippen molar-refractivity contribution in [2.24, 2.45) is 0 Å². The first kappa shape index (κ1) is 29.8. The molecule has 1 unspecified atom stereocenters. The zero-order chi connectivity index (χ0) is 27.0. The highest BCUT2D eigenvalue weighted by Crippen LogP contribution is 2.16. The molecule has 0 aliphatic rings. The molecule has 0 spiro atoms. The number of hydrogen-bond donors (Lipinski definition) is 0. The van der Waals surface area contributed by atoms with Crippen molar-refractivity contribution in [3.63, 3.8) is 0 Å². The second-order valence-electron chi connectivity index (χ2n) is 9.80. The van der Waals surface area contributed by atoms with Crippen LogP contribution in [0.25, 0.3) is 0 Å². The molecular formula is C24H36N2O9. The largest absolute Gasteiger partial charge is 0.509 e. The average Bonchev–Trinajstić information content (AvgIpc) is 2.70. The van der Waals surface area contributed by atoms with Crippen molar-refractivity contribution >= 4 is 12.3 Å². The van der Waals surface area contributed by atoms with E-state index in [0.29, 0.717) is 0 Å². The minimum Gasteiger partial charge on any atom is -0.431 e. The maximum atomic E-state index is 12.7. The molecule has 0 aliphatic carbocycles. The van der Waals surface area contributed by atoms with Gasteiger partial charge >= 0.3 is 18.0 Å². The van der Waals surface area contributed by atoms with Crippen LogP contribution in [-0.4, -0.2) is 51.5 Å². The lowest BCUT2D eigenvalue weighted by molar-refractivity contribution is -0.118. The van der Waals surface area contributed by atoms with Gasteiger partial charge in [-0.05, 0) is 54.9 Å². The average molecular weight is 497 g/mol. The van der Waals surface area contributed by atoms with Crippen molar-refractivity contribution < 1.29 is 33.3 Å². The van der Waals surface area contributed by atoms with Crippen LogP contribution in [0.3, 0.4) is 0 Å². The van der Waals surface area contributed by atoms with Gasteiger partial charge in [-0.25, -0.2) is 19.0 Å². The number of carbonyl (C=O) groups is 2. The van der Waals surface area contributed by atoms with E-state index in [9.17, 15) is 19.2 Å². The van der Waals surface area contributed by atoms with Crippen molar-refractivity contribution in [3.8, 4) is 12.3 Å². The van der Waals surface area contributed by atoms with Gasteiger partial charge < -0.3 is 23.7 Å². The zero-order valence-electron chi connectivity index (χ0n) is 21.7. The highest BCUT2D eigenvalue weighted by Gasteiger charge is 2.30. The fourth-order valence-corrected chi connectivity index (χ4v) is 2.81. The van der Waals surface area contributed by atoms with Gasteiger partial charge in [-0.3, -0.25) is 9.36 Å². The molecule has 0 aliphatic heterocycles. The number of carbonyl (C=O) groups excluding carboxylic acids is 2. The van der Waals surface area contributed by atoms with Crippen LogP contribution < -0.4 is 11.2 Å². The minimum atomic E-state index is -0.986. The fraction of sp³-hybridized carbons (Fsp3) is 0.667. The third-order valence-electron chi connectivity index (χ3n) is 4.29. The molecule has 0 N–H and O–H groups in total. The number of aryl methyl sites for hydroxylation is 1. The predicted molar refractivity (Wildman–Crippen MR) is 127 cm³/mol. The molecule has 0 aromatic carbocycles. The Morgan fingerprint density at radius 1 is 1.03 bits per heavy atom. The van der Waals surface area contributed by atoms with E-state index in [1.54, 1.807) is 48.5 Å². The summed E-state index contributed by atoms with van der Waals surface area (Å²) >= 11 is 0. The molecule has 196 valence electrons. The van der Waals surface area contributed by atoms with Crippen molar-refractivity contribution in [1.29, 1.82) is 0 Å². The first-order valence-corrected chi connectivity index (χ1v) is 11.2. The molecule has 1 aromatic heterocycles. The standard InChI is InChI=1S/C24H36N2O9/c1-10-12-26-19(27)16(3)13-25(20(26)28)15-32-18(14-31-21(29)34-23(4,5)6)17(11-2)33-22(30)35-24(7,8)9/h1,13,17-18H,11-12,14-15H2,2-9H3/t17-,18?/m0/s1. The first-order chi connectivity index (χ1) is 16.1. The Hall–Kier alpha value is -3.26. The van der Waals surface area contributed by atoms with E-state index in [1.165, 1.54) is 13.1 Å². The maximum Gasteiger partial charge on any atom is 0.509 e.